The minimum absolute atomic E-state index is 0.199. The van der Waals surface area contributed by atoms with Crippen LogP contribution in [0.2, 0.25) is 0 Å². The summed E-state index contributed by atoms with van der Waals surface area (Å²) >= 11 is 1.44. The Bertz CT molecular complexity index is 306. The monoisotopic (exact) mass is 214 g/mol. The predicted octanol–water partition coefficient (Wildman–Crippen LogP) is 2.25. The third kappa shape index (κ3) is 3.12. The Labute approximate surface area is 87.7 Å². The van der Waals surface area contributed by atoms with Crippen LogP contribution in [0.15, 0.2) is 12.1 Å². The maximum atomic E-state index is 11.5. The number of carbonyl (C=O) groups is 1. The van der Waals surface area contributed by atoms with Gasteiger partial charge in [0.15, 0.2) is 0 Å². The van der Waals surface area contributed by atoms with Crippen molar-refractivity contribution in [1.29, 1.82) is 0 Å². The summed E-state index contributed by atoms with van der Waals surface area (Å²) in [5, 5.41) is 0. The first-order valence-corrected chi connectivity index (χ1v) is 5.21. The van der Waals surface area contributed by atoms with Gasteiger partial charge < -0.3 is 9.47 Å². The van der Waals surface area contributed by atoms with Gasteiger partial charge in [-0.05, 0) is 26.0 Å². The molecular weight excluding hydrogens is 200 g/mol. The average Bonchev–Trinajstić information content (AvgIpc) is 2.52. The van der Waals surface area contributed by atoms with E-state index in [1.165, 1.54) is 11.3 Å². The summed E-state index contributed by atoms with van der Waals surface area (Å²) in [5.74, 6) is -0.271. The number of esters is 1. The molecule has 1 rings (SSSR count). The highest BCUT2D eigenvalue weighted by Gasteiger charge is 2.13. The van der Waals surface area contributed by atoms with Crippen LogP contribution >= 0.6 is 11.3 Å². The standard InChI is InChI=1S/C10H14O3S/c1-7(6-12-3)13-10(11)9-5-4-8(2)14-9/h4-5,7H,6H2,1-3H3. The SMILES string of the molecule is COCC(C)OC(=O)c1ccc(C)s1. The van der Waals surface area contributed by atoms with Crippen LogP contribution in [0.4, 0.5) is 0 Å². The van der Waals surface area contributed by atoms with E-state index in [1.807, 2.05) is 19.9 Å². The molecule has 1 atom stereocenters. The van der Waals surface area contributed by atoms with Gasteiger partial charge in [-0.15, -0.1) is 11.3 Å². The van der Waals surface area contributed by atoms with Crippen LogP contribution in [-0.4, -0.2) is 25.8 Å². The minimum atomic E-state index is -0.271. The molecule has 14 heavy (non-hydrogen) atoms. The van der Waals surface area contributed by atoms with E-state index in [9.17, 15) is 4.79 Å². The molecule has 0 radical (unpaired) electrons. The molecule has 4 heteroatoms. The molecule has 1 aromatic heterocycles. The Balaban J connectivity index is 2.50. The van der Waals surface area contributed by atoms with Crippen molar-refractivity contribution in [2.45, 2.75) is 20.0 Å². The second-order valence-electron chi connectivity index (χ2n) is 3.08. The molecule has 0 aromatic carbocycles. The third-order valence-corrected chi connectivity index (χ3v) is 2.63. The van der Waals surface area contributed by atoms with Crippen molar-refractivity contribution >= 4 is 17.3 Å². The number of ether oxygens (including phenoxy) is 2. The Hall–Kier alpha value is -0.870. The molecule has 0 spiro atoms. The zero-order valence-electron chi connectivity index (χ0n) is 8.57. The number of rotatable bonds is 4. The summed E-state index contributed by atoms with van der Waals surface area (Å²) in [7, 11) is 1.58. The smallest absolute Gasteiger partial charge is 0.348 e. The van der Waals surface area contributed by atoms with Crippen LogP contribution in [0.5, 0.6) is 0 Å². The summed E-state index contributed by atoms with van der Waals surface area (Å²) in [5.41, 5.74) is 0. The van der Waals surface area contributed by atoms with E-state index in [0.29, 0.717) is 11.5 Å². The first-order chi connectivity index (χ1) is 6.63. The second-order valence-corrected chi connectivity index (χ2v) is 4.37. The van der Waals surface area contributed by atoms with E-state index in [1.54, 1.807) is 13.2 Å². The van der Waals surface area contributed by atoms with Crippen LogP contribution in [0.25, 0.3) is 0 Å². The van der Waals surface area contributed by atoms with E-state index in [2.05, 4.69) is 0 Å². The lowest BCUT2D eigenvalue weighted by molar-refractivity contribution is 0.0125. The van der Waals surface area contributed by atoms with Crippen molar-refractivity contribution in [2.75, 3.05) is 13.7 Å². The predicted molar refractivity (Wildman–Crippen MR) is 55.8 cm³/mol. The normalized spacial score (nSPS) is 12.5. The molecule has 3 nitrogen and oxygen atoms in total. The van der Waals surface area contributed by atoms with Crippen LogP contribution in [0.1, 0.15) is 21.5 Å². The number of aryl methyl sites for hydroxylation is 1. The Kier molecular flexibility index (Phi) is 4.10. The van der Waals surface area contributed by atoms with Gasteiger partial charge in [0.2, 0.25) is 0 Å². The van der Waals surface area contributed by atoms with E-state index in [0.717, 1.165) is 4.88 Å². The number of carbonyl (C=O) groups excluding carboxylic acids is 1. The molecule has 0 aliphatic rings. The van der Waals surface area contributed by atoms with Gasteiger partial charge in [-0.2, -0.15) is 0 Å². The lowest BCUT2D eigenvalue weighted by Gasteiger charge is -2.10. The van der Waals surface area contributed by atoms with Crippen LogP contribution in [0, 0.1) is 6.92 Å². The van der Waals surface area contributed by atoms with Crippen molar-refractivity contribution in [3.8, 4) is 0 Å². The fourth-order valence-corrected chi connectivity index (χ4v) is 1.80. The van der Waals surface area contributed by atoms with E-state index < -0.39 is 0 Å². The van der Waals surface area contributed by atoms with Crippen LogP contribution < -0.4 is 0 Å². The van der Waals surface area contributed by atoms with Gasteiger partial charge in [-0.1, -0.05) is 0 Å². The number of hydrogen-bond donors (Lipinski definition) is 0. The zero-order chi connectivity index (χ0) is 10.6. The first-order valence-electron chi connectivity index (χ1n) is 4.40. The highest BCUT2D eigenvalue weighted by atomic mass is 32.1. The van der Waals surface area contributed by atoms with Gasteiger partial charge >= 0.3 is 5.97 Å². The maximum absolute atomic E-state index is 11.5. The van der Waals surface area contributed by atoms with Crippen molar-refractivity contribution in [1.82, 2.24) is 0 Å². The van der Waals surface area contributed by atoms with Gasteiger partial charge in [-0.3, -0.25) is 0 Å². The van der Waals surface area contributed by atoms with Gasteiger partial charge in [0.25, 0.3) is 0 Å². The molecule has 0 bridgehead atoms. The molecule has 1 aromatic rings. The van der Waals surface area contributed by atoms with Gasteiger partial charge in [0.05, 0.1) is 6.61 Å². The summed E-state index contributed by atoms with van der Waals surface area (Å²) in [6, 6.07) is 3.68. The highest BCUT2D eigenvalue weighted by molar-refractivity contribution is 7.13. The van der Waals surface area contributed by atoms with E-state index >= 15 is 0 Å². The zero-order valence-corrected chi connectivity index (χ0v) is 9.39. The fourth-order valence-electron chi connectivity index (χ4n) is 1.05. The third-order valence-electron chi connectivity index (χ3n) is 1.65. The fraction of sp³-hybridized carbons (Fsp3) is 0.500. The molecule has 0 N–H and O–H groups in total. The van der Waals surface area contributed by atoms with Crippen molar-refractivity contribution in [3.05, 3.63) is 21.9 Å². The number of thiophene rings is 1. The van der Waals surface area contributed by atoms with Gasteiger partial charge in [0, 0.05) is 12.0 Å². The quantitative estimate of drug-likeness (QED) is 0.721. The topological polar surface area (TPSA) is 35.5 Å². The molecule has 78 valence electrons. The lowest BCUT2D eigenvalue weighted by Crippen LogP contribution is -2.18. The van der Waals surface area contributed by atoms with Crippen LogP contribution in [0.3, 0.4) is 0 Å². The van der Waals surface area contributed by atoms with E-state index in [4.69, 9.17) is 9.47 Å². The Morgan fingerprint density at radius 3 is 2.79 bits per heavy atom. The Morgan fingerprint density at radius 2 is 2.29 bits per heavy atom. The summed E-state index contributed by atoms with van der Waals surface area (Å²) < 4.78 is 10.0. The largest absolute Gasteiger partial charge is 0.456 e. The molecule has 0 fully saturated rings. The highest BCUT2D eigenvalue weighted by Crippen LogP contribution is 2.16. The molecule has 0 saturated heterocycles. The Morgan fingerprint density at radius 1 is 1.57 bits per heavy atom. The van der Waals surface area contributed by atoms with Gasteiger partial charge in [-0.25, -0.2) is 4.79 Å². The molecule has 0 saturated carbocycles. The first kappa shape index (κ1) is 11.2. The molecule has 1 heterocycles. The average molecular weight is 214 g/mol. The van der Waals surface area contributed by atoms with Crippen molar-refractivity contribution in [3.63, 3.8) is 0 Å². The molecule has 1 unspecified atom stereocenters. The molecular formula is C10H14O3S. The summed E-state index contributed by atoms with van der Waals surface area (Å²) in [4.78, 5) is 13.2. The van der Waals surface area contributed by atoms with Crippen molar-refractivity contribution in [2.24, 2.45) is 0 Å². The second kappa shape index (κ2) is 5.12. The molecule has 0 aliphatic heterocycles. The summed E-state index contributed by atoms with van der Waals surface area (Å²) in [6.07, 6.45) is -0.199. The number of methoxy groups -OCH3 is 1. The van der Waals surface area contributed by atoms with Crippen molar-refractivity contribution < 1.29 is 14.3 Å². The van der Waals surface area contributed by atoms with Crippen LogP contribution in [-0.2, 0) is 9.47 Å². The summed E-state index contributed by atoms with van der Waals surface area (Å²) in [6.45, 7) is 4.19. The molecule has 0 aliphatic carbocycles. The lowest BCUT2D eigenvalue weighted by atomic mass is 10.4. The minimum Gasteiger partial charge on any atom is -0.456 e. The maximum Gasteiger partial charge on any atom is 0.348 e. The van der Waals surface area contributed by atoms with E-state index in [-0.39, 0.29) is 12.1 Å². The van der Waals surface area contributed by atoms with Gasteiger partial charge in [0.1, 0.15) is 11.0 Å². The number of hydrogen-bond acceptors (Lipinski definition) is 4. The molecule has 0 amide bonds.